The Bertz CT molecular complexity index is 298. The summed E-state index contributed by atoms with van der Waals surface area (Å²) in [5.74, 6) is -1.24. The van der Waals surface area contributed by atoms with Gasteiger partial charge >= 0.3 is 16.4 Å². The lowest BCUT2D eigenvalue weighted by atomic mass is 10.1. The molecule has 0 fully saturated rings. The Morgan fingerprint density at radius 1 is 1.12 bits per heavy atom. The molecule has 17 heavy (non-hydrogen) atoms. The van der Waals surface area contributed by atoms with Gasteiger partial charge in [0.2, 0.25) is 0 Å². The first kappa shape index (κ1) is 16.3. The first-order chi connectivity index (χ1) is 8.02. The van der Waals surface area contributed by atoms with E-state index >= 15 is 0 Å². The van der Waals surface area contributed by atoms with Crippen molar-refractivity contribution >= 4 is 16.4 Å². The van der Waals surface area contributed by atoms with Crippen molar-refractivity contribution in [1.29, 1.82) is 0 Å². The van der Waals surface area contributed by atoms with E-state index in [1.165, 1.54) is 6.42 Å². The van der Waals surface area contributed by atoms with Gasteiger partial charge in [0.05, 0.1) is 6.61 Å². The van der Waals surface area contributed by atoms with Gasteiger partial charge in [0, 0.05) is 0 Å². The van der Waals surface area contributed by atoms with Crippen LogP contribution in [0, 0.1) is 0 Å². The number of aliphatic hydroxyl groups is 1. The van der Waals surface area contributed by atoms with Crippen LogP contribution in [-0.4, -0.2) is 32.7 Å². The number of unbranched alkanes of at least 4 members (excludes halogenated alkanes) is 5. The van der Waals surface area contributed by atoms with Crippen molar-refractivity contribution in [3.8, 4) is 0 Å². The Balaban J connectivity index is 3.56. The molecule has 1 N–H and O–H groups in total. The summed E-state index contributed by atoms with van der Waals surface area (Å²) in [6.45, 7) is 1.12. The maximum atomic E-state index is 11.0. The second-order valence-electron chi connectivity index (χ2n) is 3.61. The van der Waals surface area contributed by atoms with Gasteiger partial charge in [-0.2, -0.15) is 8.42 Å². The Kier molecular flexibility index (Phi) is 9.01. The van der Waals surface area contributed by atoms with Crippen LogP contribution in [0.4, 0.5) is 0 Å². The fourth-order valence-electron chi connectivity index (χ4n) is 1.21. The van der Waals surface area contributed by atoms with Crippen LogP contribution in [0.5, 0.6) is 0 Å². The predicted molar refractivity (Wildman–Crippen MR) is 61.4 cm³/mol. The average molecular weight is 268 g/mol. The zero-order valence-electron chi connectivity index (χ0n) is 10.1. The number of carbonyl (C=O) groups is 1. The fraction of sp³-hybridized carbons (Fsp3) is 0.900. The third-order valence-corrected chi connectivity index (χ3v) is 2.90. The molecule has 0 rings (SSSR count). The molecule has 0 saturated heterocycles. The van der Waals surface area contributed by atoms with Crippen LogP contribution < -0.4 is 0 Å². The summed E-state index contributed by atoms with van der Waals surface area (Å²) in [7, 11) is -4.30. The Hall–Kier alpha value is -0.660. The van der Waals surface area contributed by atoms with Gasteiger partial charge < -0.3 is 9.29 Å². The summed E-state index contributed by atoms with van der Waals surface area (Å²) in [6, 6.07) is 0. The van der Waals surface area contributed by atoms with Gasteiger partial charge in [-0.1, -0.05) is 39.0 Å². The molecule has 0 heterocycles. The Labute approximate surface area is 102 Å². The number of hydrogen-bond donors (Lipinski definition) is 1. The lowest BCUT2D eigenvalue weighted by Crippen LogP contribution is -2.18. The lowest BCUT2D eigenvalue weighted by Gasteiger charge is -2.04. The van der Waals surface area contributed by atoms with E-state index in [0.29, 0.717) is 6.42 Å². The largest absolute Gasteiger partial charge is 0.451 e. The standard InChI is InChI=1S/C10H20O6S/c1-2-3-4-5-6-7-8-15-17(13,14)16-10(12)9-11/h11H,2-9H2,1H3. The molecular weight excluding hydrogens is 248 g/mol. The maximum Gasteiger partial charge on any atom is 0.451 e. The van der Waals surface area contributed by atoms with Crippen molar-refractivity contribution in [2.45, 2.75) is 45.4 Å². The van der Waals surface area contributed by atoms with Gasteiger partial charge in [0.1, 0.15) is 6.61 Å². The second-order valence-corrected chi connectivity index (χ2v) is 4.83. The molecule has 0 aliphatic heterocycles. The van der Waals surface area contributed by atoms with E-state index in [2.05, 4.69) is 15.3 Å². The van der Waals surface area contributed by atoms with E-state index in [1.807, 2.05) is 0 Å². The van der Waals surface area contributed by atoms with E-state index in [4.69, 9.17) is 5.11 Å². The molecule has 0 aromatic rings. The SMILES string of the molecule is CCCCCCCCOS(=O)(=O)OC(=O)CO. The smallest absolute Gasteiger partial charge is 0.385 e. The highest BCUT2D eigenvalue weighted by molar-refractivity contribution is 7.82. The minimum absolute atomic E-state index is 0.00678. The maximum absolute atomic E-state index is 11.0. The van der Waals surface area contributed by atoms with E-state index in [9.17, 15) is 13.2 Å². The summed E-state index contributed by atoms with van der Waals surface area (Å²) in [6.07, 6.45) is 5.97. The minimum Gasteiger partial charge on any atom is -0.385 e. The van der Waals surface area contributed by atoms with E-state index in [1.54, 1.807) is 0 Å². The summed E-state index contributed by atoms with van der Waals surface area (Å²) >= 11 is 0. The van der Waals surface area contributed by atoms with E-state index in [0.717, 1.165) is 25.7 Å². The summed E-state index contributed by atoms with van der Waals surface area (Å²) in [5, 5.41) is 8.30. The lowest BCUT2D eigenvalue weighted by molar-refractivity contribution is -0.137. The van der Waals surface area contributed by atoms with Crippen molar-refractivity contribution in [2.75, 3.05) is 13.2 Å². The van der Waals surface area contributed by atoms with Gasteiger partial charge in [-0.05, 0) is 6.42 Å². The molecule has 0 bridgehead atoms. The van der Waals surface area contributed by atoms with Crippen LogP contribution in [-0.2, 0) is 23.6 Å². The highest BCUT2D eigenvalue weighted by Gasteiger charge is 2.16. The molecule has 6 nitrogen and oxygen atoms in total. The Morgan fingerprint density at radius 2 is 1.71 bits per heavy atom. The van der Waals surface area contributed by atoms with Crippen molar-refractivity contribution < 1.29 is 26.7 Å². The van der Waals surface area contributed by atoms with Gasteiger partial charge in [-0.15, -0.1) is 0 Å². The van der Waals surface area contributed by atoms with Gasteiger partial charge in [-0.3, -0.25) is 0 Å². The van der Waals surface area contributed by atoms with Gasteiger partial charge in [0.25, 0.3) is 0 Å². The molecule has 0 aromatic heterocycles. The van der Waals surface area contributed by atoms with Crippen LogP contribution >= 0.6 is 0 Å². The van der Waals surface area contributed by atoms with Crippen LogP contribution in [0.15, 0.2) is 0 Å². The molecule has 0 aliphatic rings. The molecule has 0 aromatic carbocycles. The molecule has 0 unspecified atom stereocenters. The predicted octanol–water partition coefficient (Wildman–Crippen LogP) is 1.14. The highest BCUT2D eigenvalue weighted by atomic mass is 32.3. The molecule has 0 spiro atoms. The van der Waals surface area contributed by atoms with Crippen LogP contribution in [0.1, 0.15) is 45.4 Å². The van der Waals surface area contributed by atoms with Gasteiger partial charge in [-0.25, -0.2) is 8.98 Å². The van der Waals surface area contributed by atoms with E-state index < -0.39 is 23.0 Å². The Morgan fingerprint density at radius 3 is 2.29 bits per heavy atom. The summed E-state index contributed by atoms with van der Waals surface area (Å²) < 4.78 is 30.2. The first-order valence-corrected chi connectivity index (χ1v) is 7.07. The highest BCUT2D eigenvalue weighted by Crippen LogP contribution is 2.06. The van der Waals surface area contributed by atoms with Crippen LogP contribution in [0.2, 0.25) is 0 Å². The normalized spacial score (nSPS) is 11.4. The van der Waals surface area contributed by atoms with Crippen molar-refractivity contribution in [3.05, 3.63) is 0 Å². The molecule has 0 saturated carbocycles. The topological polar surface area (TPSA) is 89.9 Å². The van der Waals surface area contributed by atoms with Crippen molar-refractivity contribution in [3.63, 3.8) is 0 Å². The third kappa shape index (κ3) is 10.2. The van der Waals surface area contributed by atoms with Crippen LogP contribution in [0.3, 0.4) is 0 Å². The monoisotopic (exact) mass is 268 g/mol. The number of rotatable bonds is 10. The zero-order valence-corrected chi connectivity index (χ0v) is 10.9. The minimum atomic E-state index is -4.30. The van der Waals surface area contributed by atoms with Crippen molar-refractivity contribution in [2.24, 2.45) is 0 Å². The molecule has 0 aliphatic carbocycles. The van der Waals surface area contributed by atoms with E-state index in [-0.39, 0.29) is 6.61 Å². The molecule has 0 amide bonds. The second kappa shape index (κ2) is 9.38. The fourth-order valence-corrected chi connectivity index (χ4v) is 1.86. The molecular formula is C10H20O6S. The summed E-state index contributed by atoms with van der Waals surface area (Å²) in [5.41, 5.74) is 0. The molecule has 0 atom stereocenters. The third-order valence-electron chi connectivity index (χ3n) is 2.05. The average Bonchev–Trinajstić information content (AvgIpc) is 2.27. The summed E-state index contributed by atoms with van der Waals surface area (Å²) in [4.78, 5) is 10.5. The quantitative estimate of drug-likeness (QED) is 0.598. The van der Waals surface area contributed by atoms with Crippen LogP contribution in [0.25, 0.3) is 0 Å². The molecule has 102 valence electrons. The zero-order chi connectivity index (χ0) is 13.1. The first-order valence-electron chi connectivity index (χ1n) is 5.74. The number of hydrogen-bond acceptors (Lipinski definition) is 6. The van der Waals surface area contributed by atoms with Crippen molar-refractivity contribution in [1.82, 2.24) is 0 Å². The van der Waals surface area contributed by atoms with Gasteiger partial charge in [0.15, 0.2) is 0 Å². The number of carbonyl (C=O) groups excluding carboxylic acids is 1. The number of aliphatic hydroxyl groups excluding tert-OH is 1. The molecule has 0 radical (unpaired) electrons. The molecule has 7 heteroatoms.